The number of fused-ring (bicyclic) bond motifs is 1. The van der Waals surface area contributed by atoms with Gasteiger partial charge in [-0.1, -0.05) is 64.1 Å². The number of epoxide rings is 1. The molecule has 1 N–H and O–H groups in total. The van der Waals surface area contributed by atoms with Gasteiger partial charge in [0.15, 0.2) is 0 Å². The van der Waals surface area contributed by atoms with Crippen molar-refractivity contribution in [2.24, 2.45) is 0 Å². The summed E-state index contributed by atoms with van der Waals surface area (Å²) >= 11 is 0. The number of aldehydes is 1. The van der Waals surface area contributed by atoms with Crippen LogP contribution in [0.2, 0.25) is 0 Å². The molecule has 1 atom stereocenters. The lowest BCUT2D eigenvalue weighted by molar-refractivity contribution is -0.107. The number of rotatable bonds is 6. The van der Waals surface area contributed by atoms with Gasteiger partial charge in [-0.25, -0.2) is 0 Å². The van der Waals surface area contributed by atoms with E-state index >= 15 is 0 Å². The molecule has 3 heteroatoms. The Balaban J connectivity index is 1.72. The second-order valence-corrected chi connectivity index (χ2v) is 11.0. The van der Waals surface area contributed by atoms with Gasteiger partial charge < -0.3 is 14.6 Å². The summed E-state index contributed by atoms with van der Waals surface area (Å²) in [6.07, 6.45) is 3.95. The Labute approximate surface area is 192 Å². The Morgan fingerprint density at radius 1 is 1.00 bits per heavy atom. The van der Waals surface area contributed by atoms with Crippen molar-refractivity contribution in [3.8, 4) is 0 Å². The number of carbonyl (C=O) groups excluding carboxylic acids is 1. The first-order chi connectivity index (χ1) is 15.0. The predicted octanol–water partition coefficient (Wildman–Crippen LogP) is 6.89. The zero-order chi connectivity index (χ0) is 23.3. The Kier molecular flexibility index (Phi) is 5.61. The van der Waals surface area contributed by atoms with Gasteiger partial charge in [0.25, 0.3) is 0 Å². The van der Waals surface area contributed by atoms with Crippen LogP contribution in [0.1, 0.15) is 93.7 Å². The number of allylic oxidation sites excluding steroid dienone is 2. The highest BCUT2D eigenvalue weighted by Crippen LogP contribution is 2.51. The summed E-state index contributed by atoms with van der Waals surface area (Å²) in [5, 5.41) is 10.3. The van der Waals surface area contributed by atoms with Gasteiger partial charge in [0.2, 0.25) is 0 Å². The van der Waals surface area contributed by atoms with Gasteiger partial charge in [0.05, 0.1) is 12.4 Å². The zero-order valence-corrected chi connectivity index (χ0v) is 20.3. The van der Waals surface area contributed by atoms with E-state index in [1.54, 1.807) is 0 Å². The summed E-state index contributed by atoms with van der Waals surface area (Å²) in [6, 6.07) is 13.2. The van der Waals surface area contributed by atoms with E-state index in [4.69, 9.17) is 4.74 Å². The first-order valence-corrected chi connectivity index (χ1v) is 11.8. The number of hydrogen-bond acceptors (Lipinski definition) is 3. The van der Waals surface area contributed by atoms with E-state index in [0.717, 1.165) is 23.0 Å². The number of aliphatic hydroxyl groups is 1. The third-order valence-electron chi connectivity index (χ3n) is 7.78. The van der Waals surface area contributed by atoms with Crippen molar-refractivity contribution < 1.29 is 14.6 Å². The van der Waals surface area contributed by atoms with Crippen LogP contribution in [0.25, 0.3) is 5.57 Å². The van der Waals surface area contributed by atoms with Gasteiger partial charge in [-0.05, 0) is 76.5 Å². The van der Waals surface area contributed by atoms with Gasteiger partial charge in [0, 0.05) is 12.8 Å². The molecule has 0 spiro atoms. The first-order valence-electron chi connectivity index (χ1n) is 11.8. The van der Waals surface area contributed by atoms with Crippen molar-refractivity contribution in [2.75, 3.05) is 6.61 Å². The van der Waals surface area contributed by atoms with Crippen molar-refractivity contribution in [1.82, 2.24) is 0 Å². The van der Waals surface area contributed by atoms with Crippen molar-refractivity contribution in [2.45, 2.75) is 83.7 Å². The van der Waals surface area contributed by atoms with Crippen LogP contribution in [0, 0.1) is 6.92 Å². The van der Waals surface area contributed by atoms with E-state index in [0.29, 0.717) is 19.4 Å². The van der Waals surface area contributed by atoms with Crippen LogP contribution in [0.4, 0.5) is 0 Å². The molecule has 1 heterocycles. The fourth-order valence-electron chi connectivity index (χ4n) is 5.25. The minimum Gasteiger partial charge on any atom is -0.512 e. The third-order valence-corrected chi connectivity index (χ3v) is 7.78. The molecule has 0 saturated carbocycles. The van der Waals surface area contributed by atoms with Gasteiger partial charge in [-0.15, -0.1) is 0 Å². The molecule has 32 heavy (non-hydrogen) atoms. The molecule has 2 aliphatic rings. The lowest BCUT2D eigenvalue weighted by atomic mass is 9.62. The molecule has 0 radical (unpaired) electrons. The minimum atomic E-state index is -0.382. The van der Waals surface area contributed by atoms with E-state index in [1.807, 2.05) is 19.1 Å². The van der Waals surface area contributed by atoms with E-state index in [9.17, 15) is 9.90 Å². The molecular weight excluding hydrogens is 396 g/mol. The zero-order valence-electron chi connectivity index (χ0n) is 20.3. The van der Waals surface area contributed by atoms with E-state index in [1.165, 1.54) is 35.1 Å². The number of aliphatic hydroxyl groups excluding tert-OH is 1. The van der Waals surface area contributed by atoms with Crippen LogP contribution in [0.3, 0.4) is 0 Å². The van der Waals surface area contributed by atoms with Crippen molar-refractivity contribution in [3.05, 3.63) is 75.5 Å². The maximum absolute atomic E-state index is 10.6. The molecule has 4 rings (SSSR count). The topological polar surface area (TPSA) is 49.8 Å². The summed E-state index contributed by atoms with van der Waals surface area (Å²) in [5.41, 5.74) is 8.42. The largest absolute Gasteiger partial charge is 0.512 e. The first kappa shape index (κ1) is 22.8. The average Bonchev–Trinajstić information content (AvgIpc) is 3.56. The number of aryl methyl sites for hydroxylation is 1. The summed E-state index contributed by atoms with van der Waals surface area (Å²) in [7, 11) is 0. The van der Waals surface area contributed by atoms with Crippen LogP contribution in [-0.4, -0.2) is 18.0 Å². The SMILES string of the molecule is C/C(=C(/O)CCC=O)c1ccc(C2(c3cc4c(cc3C)C(C)(C)CCC4(C)C)CO2)cc1. The molecule has 1 fully saturated rings. The molecule has 1 aliphatic heterocycles. The van der Waals surface area contributed by atoms with E-state index in [-0.39, 0.29) is 22.2 Å². The lowest BCUT2D eigenvalue weighted by Crippen LogP contribution is -2.34. The maximum atomic E-state index is 10.6. The fourth-order valence-corrected chi connectivity index (χ4v) is 5.25. The second-order valence-electron chi connectivity index (χ2n) is 11.0. The molecule has 0 bridgehead atoms. The summed E-state index contributed by atoms with van der Waals surface area (Å²) in [5.74, 6) is 0.276. The van der Waals surface area contributed by atoms with Crippen LogP contribution in [0.5, 0.6) is 0 Å². The fraction of sp³-hybridized carbons (Fsp3) is 0.483. The maximum Gasteiger partial charge on any atom is 0.142 e. The number of hydrogen-bond donors (Lipinski definition) is 1. The highest BCUT2D eigenvalue weighted by molar-refractivity contribution is 5.66. The Morgan fingerprint density at radius 2 is 1.56 bits per heavy atom. The van der Waals surface area contributed by atoms with E-state index in [2.05, 4.69) is 58.9 Å². The van der Waals surface area contributed by atoms with Gasteiger partial charge in [0.1, 0.15) is 11.9 Å². The molecule has 1 unspecified atom stereocenters. The number of ether oxygens (including phenoxy) is 1. The van der Waals surface area contributed by atoms with Crippen LogP contribution >= 0.6 is 0 Å². The van der Waals surface area contributed by atoms with Crippen LogP contribution in [0.15, 0.2) is 42.2 Å². The predicted molar refractivity (Wildman–Crippen MR) is 130 cm³/mol. The molecular formula is C29H36O3. The van der Waals surface area contributed by atoms with Crippen molar-refractivity contribution >= 4 is 11.9 Å². The molecule has 170 valence electrons. The summed E-state index contributed by atoms with van der Waals surface area (Å²) < 4.78 is 6.16. The Bertz CT molecular complexity index is 1070. The van der Waals surface area contributed by atoms with Gasteiger partial charge in [-0.3, -0.25) is 0 Å². The van der Waals surface area contributed by atoms with Crippen molar-refractivity contribution in [1.29, 1.82) is 0 Å². The smallest absolute Gasteiger partial charge is 0.142 e. The normalized spacial score (nSPS) is 23.8. The molecule has 0 amide bonds. The van der Waals surface area contributed by atoms with Crippen LogP contribution in [-0.2, 0) is 26.0 Å². The molecule has 0 aromatic heterocycles. The second kappa shape index (κ2) is 7.88. The molecule has 2 aromatic carbocycles. The summed E-state index contributed by atoms with van der Waals surface area (Å²) in [4.78, 5) is 10.6. The molecule has 1 saturated heterocycles. The average molecular weight is 433 g/mol. The minimum absolute atomic E-state index is 0.161. The lowest BCUT2D eigenvalue weighted by Gasteiger charge is -2.42. The van der Waals surface area contributed by atoms with Gasteiger partial charge in [-0.2, -0.15) is 0 Å². The number of carbonyl (C=O) groups is 1. The number of benzene rings is 2. The quantitative estimate of drug-likeness (QED) is 0.307. The monoisotopic (exact) mass is 432 g/mol. The van der Waals surface area contributed by atoms with Crippen molar-refractivity contribution in [3.63, 3.8) is 0 Å². The molecule has 2 aromatic rings. The standard InChI is InChI=1S/C29H36O3/c1-19-16-24-25(28(5,6)14-13-27(24,3)4)17-23(19)29(18-32-29)22-11-9-21(10-12-22)20(2)26(31)8-7-15-30/h9-12,15-17,31H,7-8,13-14,18H2,1-6H3/b26-20-. The highest BCUT2D eigenvalue weighted by atomic mass is 16.6. The van der Waals surface area contributed by atoms with Gasteiger partial charge >= 0.3 is 0 Å². The molecule has 1 aliphatic carbocycles. The third kappa shape index (κ3) is 3.81. The van der Waals surface area contributed by atoms with E-state index < -0.39 is 0 Å². The van der Waals surface area contributed by atoms with Crippen LogP contribution < -0.4 is 0 Å². The molecule has 3 nitrogen and oxygen atoms in total. The Hall–Kier alpha value is -2.39. The summed E-state index contributed by atoms with van der Waals surface area (Å²) in [6.45, 7) is 14.3. The Morgan fingerprint density at radius 3 is 2.09 bits per heavy atom. The highest BCUT2D eigenvalue weighted by Gasteiger charge is 2.50.